The van der Waals surface area contributed by atoms with Crippen molar-refractivity contribution < 1.29 is 23.8 Å². The van der Waals surface area contributed by atoms with Gasteiger partial charge in [0.2, 0.25) is 11.8 Å². The first-order valence-electron chi connectivity index (χ1n) is 9.63. The molecule has 0 heterocycles. The monoisotopic (exact) mass is 413 g/mol. The number of hydrazone groups is 1. The predicted molar refractivity (Wildman–Crippen MR) is 115 cm³/mol. The van der Waals surface area contributed by atoms with E-state index in [9.17, 15) is 9.59 Å². The number of hydrogen-bond donors (Lipinski definition) is 2. The Kier molecular flexibility index (Phi) is 9.18. The number of carbonyl (C=O) groups is 2. The van der Waals surface area contributed by atoms with E-state index in [1.165, 1.54) is 13.3 Å². The SMILES string of the molecule is CCCOc1ccc(/C=N/NC(=O)CCC(=O)Nc2ccccc2OC)cc1OC. The van der Waals surface area contributed by atoms with Crippen LogP contribution in [0.1, 0.15) is 31.7 Å². The minimum absolute atomic E-state index is 0.00540. The lowest BCUT2D eigenvalue weighted by Gasteiger charge is -2.10. The highest BCUT2D eigenvalue weighted by atomic mass is 16.5. The van der Waals surface area contributed by atoms with E-state index in [0.717, 1.165) is 12.0 Å². The number of benzene rings is 2. The minimum atomic E-state index is -0.365. The molecular weight excluding hydrogens is 386 g/mol. The molecule has 0 aliphatic heterocycles. The van der Waals surface area contributed by atoms with Gasteiger partial charge < -0.3 is 19.5 Å². The number of nitrogens with one attached hydrogen (secondary N) is 2. The average Bonchev–Trinajstić information content (AvgIpc) is 2.77. The van der Waals surface area contributed by atoms with Crippen LogP contribution in [-0.4, -0.2) is 38.9 Å². The first-order valence-corrected chi connectivity index (χ1v) is 9.63. The quantitative estimate of drug-likeness (QED) is 0.435. The number of methoxy groups -OCH3 is 2. The van der Waals surface area contributed by atoms with Crippen molar-refractivity contribution in [2.24, 2.45) is 5.10 Å². The first kappa shape index (κ1) is 22.7. The van der Waals surface area contributed by atoms with Crippen LogP contribution < -0.4 is 25.0 Å². The summed E-state index contributed by atoms with van der Waals surface area (Å²) in [7, 11) is 3.09. The maximum absolute atomic E-state index is 12.0. The van der Waals surface area contributed by atoms with Crippen molar-refractivity contribution in [2.75, 3.05) is 26.1 Å². The topological polar surface area (TPSA) is 98.2 Å². The molecule has 0 atom stereocenters. The van der Waals surface area contributed by atoms with Crippen molar-refractivity contribution in [1.82, 2.24) is 5.43 Å². The van der Waals surface area contributed by atoms with Crippen LogP contribution in [-0.2, 0) is 9.59 Å². The summed E-state index contributed by atoms with van der Waals surface area (Å²) in [5.74, 6) is 1.15. The fraction of sp³-hybridized carbons (Fsp3) is 0.318. The number of carbonyl (C=O) groups excluding carboxylic acids is 2. The van der Waals surface area contributed by atoms with Gasteiger partial charge in [-0.1, -0.05) is 19.1 Å². The van der Waals surface area contributed by atoms with E-state index in [1.807, 2.05) is 13.0 Å². The summed E-state index contributed by atoms with van der Waals surface area (Å²) in [6, 6.07) is 12.4. The Hall–Kier alpha value is -3.55. The van der Waals surface area contributed by atoms with Crippen LogP contribution >= 0.6 is 0 Å². The molecule has 0 bridgehead atoms. The van der Waals surface area contributed by atoms with Gasteiger partial charge in [-0.25, -0.2) is 5.43 Å². The molecule has 160 valence electrons. The highest BCUT2D eigenvalue weighted by Gasteiger charge is 2.09. The molecule has 0 spiro atoms. The van der Waals surface area contributed by atoms with Gasteiger partial charge in [-0.15, -0.1) is 0 Å². The van der Waals surface area contributed by atoms with Crippen molar-refractivity contribution in [3.8, 4) is 17.2 Å². The molecule has 0 saturated carbocycles. The fourth-order valence-electron chi connectivity index (χ4n) is 2.52. The second-order valence-electron chi connectivity index (χ2n) is 6.30. The lowest BCUT2D eigenvalue weighted by molar-refractivity contribution is -0.124. The molecule has 2 amide bonds. The second-order valence-corrected chi connectivity index (χ2v) is 6.30. The van der Waals surface area contributed by atoms with Crippen molar-refractivity contribution in [1.29, 1.82) is 0 Å². The molecule has 0 aliphatic rings. The number of hydrogen-bond acceptors (Lipinski definition) is 6. The molecule has 2 aromatic rings. The second kappa shape index (κ2) is 12.1. The maximum Gasteiger partial charge on any atom is 0.240 e. The highest BCUT2D eigenvalue weighted by molar-refractivity contribution is 5.94. The third-order valence-electron chi connectivity index (χ3n) is 4.01. The lowest BCUT2D eigenvalue weighted by atomic mass is 10.2. The largest absolute Gasteiger partial charge is 0.495 e. The third-order valence-corrected chi connectivity index (χ3v) is 4.01. The van der Waals surface area contributed by atoms with Crippen LogP contribution in [0.15, 0.2) is 47.6 Å². The van der Waals surface area contributed by atoms with Gasteiger partial charge in [-0.05, 0) is 42.3 Å². The summed E-state index contributed by atoms with van der Waals surface area (Å²) in [6.45, 7) is 2.63. The van der Waals surface area contributed by atoms with Gasteiger partial charge in [0.05, 0.1) is 32.7 Å². The number of rotatable bonds is 11. The van der Waals surface area contributed by atoms with E-state index in [2.05, 4.69) is 15.8 Å². The van der Waals surface area contributed by atoms with E-state index >= 15 is 0 Å². The molecule has 0 unspecified atom stereocenters. The van der Waals surface area contributed by atoms with Gasteiger partial charge in [0.1, 0.15) is 5.75 Å². The number of anilines is 1. The molecule has 2 N–H and O–H groups in total. The van der Waals surface area contributed by atoms with Gasteiger partial charge in [0, 0.05) is 12.8 Å². The Morgan fingerprint density at radius 2 is 1.70 bits per heavy atom. The summed E-state index contributed by atoms with van der Waals surface area (Å²) in [5, 5.41) is 6.65. The van der Waals surface area contributed by atoms with E-state index in [-0.39, 0.29) is 24.7 Å². The molecule has 8 nitrogen and oxygen atoms in total. The molecule has 30 heavy (non-hydrogen) atoms. The zero-order valence-corrected chi connectivity index (χ0v) is 17.4. The molecule has 0 saturated heterocycles. The Morgan fingerprint density at radius 1 is 0.967 bits per heavy atom. The van der Waals surface area contributed by atoms with Crippen LogP contribution in [0.4, 0.5) is 5.69 Å². The number of amides is 2. The molecule has 2 aromatic carbocycles. The van der Waals surface area contributed by atoms with E-state index in [0.29, 0.717) is 29.5 Å². The van der Waals surface area contributed by atoms with Gasteiger partial charge in [0.25, 0.3) is 0 Å². The minimum Gasteiger partial charge on any atom is -0.495 e. The first-order chi connectivity index (χ1) is 14.6. The van der Waals surface area contributed by atoms with Crippen molar-refractivity contribution in [3.63, 3.8) is 0 Å². The zero-order chi connectivity index (χ0) is 21.8. The highest BCUT2D eigenvalue weighted by Crippen LogP contribution is 2.27. The Labute approximate surface area is 176 Å². The molecule has 0 radical (unpaired) electrons. The summed E-state index contributed by atoms with van der Waals surface area (Å²) in [4.78, 5) is 24.0. The smallest absolute Gasteiger partial charge is 0.240 e. The van der Waals surface area contributed by atoms with Crippen LogP contribution in [0.5, 0.6) is 17.2 Å². The number of ether oxygens (including phenoxy) is 3. The molecule has 0 aromatic heterocycles. The molecule has 2 rings (SSSR count). The summed E-state index contributed by atoms with van der Waals surface area (Å²) >= 11 is 0. The van der Waals surface area contributed by atoms with Crippen molar-refractivity contribution in [2.45, 2.75) is 26.2 Å². The van der Waals surface area contributed by atoms with Crippen LogP contribution in [0.25, 0.3) is 0 Å². The molecule has 0 aliphatic carbocycles. The summed E-state index contributed by atoms with van der Waals surface area (Å²) in [6.07, 6.45) is 2.43. The van der Waals surface area contributed by atoms with E-state index < -0.39 is 0 Å². The molecule has 0 fully saturated rings. The maximum atomic E-state index is 12.0. The zero-order valence-electron chi connectivity index (χ0n) is 17.4. The number of nitrogens with zero attached hydrogens (tertiary/aromatic N) is 1. The molecule has 8 heteroatoms. The van der Waals surface area contributed by atoms with E-state index in [1.54, 1.807) is 43.5 Å². The lowest BCUT2D eigenvalue weighted by Crippen LogP contribution is -2.20. The Balaban J connectivity index is 1.81. The predicted octanol–water partition coefficient (Wildman–Crippen LogP) is 3.36. The van der Waals surface area contributed by atoms with Crippen LogP contribution in [0, 0.1) is 0 Å². The Bertz CT molecular complexity index is 883. The summed E-state index contributed by atoms with van der Waals surface area (Å²) in [5.41, 5.74) is 3.71. The van der Waals surface area contributed by atoms with Crippen molar-refractivity contribution in [3.05, 3.63) is 48.0 Å². The van der Waals surface area contributed by atoms with Gasteiger partial charge in [-0.3, -0.25) is 9.59 Å². The molecular formula is C22H27N3O5. The van der Waals surface area contributed by atoms with Crippen LogP contribution in [0.2, 0.25) is 0 Å². The standard InChI is InChI=1S/C22H27N3O5/c1-4-13-30-19-10-9-16(14-20(19)29-3)15-23-25-22(27)12-11-21(26)24-17-7-5-6-8-18(17)28-2/h5-10,14-15H,4,11-13H2,1-3H3,(H,24,26)(H,25,27)/b23-15+. The fourth-order valence-corrected chi connectivity index (χ4v) is 2.52. The van der Waals surface area contributed by atoms with Crippen LogP contribution in [0.3, 0.4) is 0 Å². The Morgan fingerprint density at radius 3 is 2.43 bits per heavy atom. The van der Waals surface area contributed by atoms with Crippen molar-refractivity contribution >= 4 is 23.7 Å². The number of para-hydroxylation sites is 2. The van der Waals surface area contributed by atoms with Gasteiger partial charge in [0.15, 0.2) is 11.5 Å². The third kappa shape index (κ3) is 7.12. The normalized spacial score (nSPS) is 10.5. The average molecular weight is 413 g/mol. The summed E-state index contributed by atoms with van der Waals surface area (Å²) < 4.78 is 16.1. The van der Waals surface area contributed by atoms with Gasteiger partial charge >= 0.3 is 0 Å². The van der Waals surface area contributed by atoms with Gasteiger partial charge in [-0.2, -0.15) is 5.10 Å². The van der Waals surface area contributed by atoms with E-state index in [4.69, 9.17) is 14.2 Å².